The van der Waals surface area contributed by atoms with E-state index in [0.29, 0.717) is 5.41 Å². The van der Waals surface area contributed by atoms with Crippen LogP contribution in [0.4, 0.5) is 0 Å². The van der Waals surface area contributed by atoms with Gasteiger partial charge < -0.3 is 14.6 Å². The third kappa shape index (κ3) is 1.95. The molecule has 24 heavy (non-hydrogen) atoms. The summed E-state index contributed by atoms with van der Waals surface area (Å²) in [5.41, 5.74) is 2.12. The number of ether oxygens (including phenoxy) is 2. The summed E-state index contributed by atoms with van der Waals surface area (Å²) in [7, 11) is 0. The largest absolute Gasteiger partial charge is 0.393 e. The maximum atomic E-state index is 10.6. The third-order valence-corrected chi connectivity index (χ3v) is 8.87. The number of aliphatic hydroxyl groups excluding tert-OH is 1. The normalized spacial score (nSPS) is 52.5. The number of aliphatic hydroxyl groups is 1. The van der Waals surface area contributed by atoms with Crippen molar-refractivity contribution in [1.82, 2.24) is 0 Å². The molecule has 3 heteroatoms. The zero-order chi connectivity index (χ0) is 16.6. The molecule has 0 bridgehead atoms. The fraction of sp³-hybridized carbons (Fsp3) is 0.905. The van der Waals surface area contributed by atoms with Crippen molar-refractivity contribution in [2.75, 3.05) is 13.2 Å². The zero-order valence-electron chi connectivity index (χ0n) is 15.2. The molecule has 4 fully saturated rings. The van der Waals surface area contributed by atoms with Gasteiger partial charge in [0.2, 0.25) is 0 Å². The molecule has 0 radical (unpaired) electrons. The first-order valence-corrected chi connectivity index (χ1v) is 10.1. The molecule has 1 N–H and O–H groups in total. The van der Waals surface area contributed by atoms with Crippen molar-refractivity contribution in [3.05, 3.63) is 11.6 Å². The number of allylic oxidation sites excluding steroid dienone is 1. The average molecular weight is 332 g/mol. The maximum absolute atomic E-state index is 10.6. The predicted molar refractivity (Wildman–Crippen MR) is 92.3 cm³/mol. The van der Waals surface area contributed by atoms with E-state index in [-0.39, 0.29) is 17.3 Å². The van der Waals surface area contributed by atoms with Crippen LogP contribution in [0, 0.1) is 28.6 Å². The van der Waals surface area contributed by atoms with E-state index in [0.717, 1.165) is 50.2 Å². The summed E-state index contributed by atoms with van der Waals surface area (Å²) in [6.45, 7) is 6.40. The molecule has 6 atom stereocenters. The van der Waals surface area contributed by atoms with Crippen LogP contribution in [0.15, 0.2) is 11.6 Å². The number of hydrogen-bond donors (Lipinski definition) is 1. The molecule has 1 heterocycles. The molecule has 5 rings (SSSR count). The van der Waals surface area contributed by atoms with Crippen LogP contribution in [0.3, 0.4) is 0 Å². The first-order valence-electron chi connectivity index (χ1n) is 10.1. The van der Waals surface area contributed by atoms with Gasteiger partial charge >= 0.3 is 0 Å². The molecule has 0 unspecified atom stereocenters. The molecule has 1 aliphatic heterocycles. The van der Waals surface area contributed by atoms with Crippen molar-refractivity contribution in [1.29, 1.82) is 0 Å². The highest BCUT2D eigenvalue weighted by Gasteiger charge is 2.60. The maximum Gasteiger partial charge on any atom is 0.172 e. The van der Waals surface area contributed by atoms with Gasteiger partial charge in [-0.3, -0.25) is 0 Å². The van der Waals surface area contributed by atoms with Crippen LogP contribution in [0.5, 0.6) is 0 Å². The first kappa shape index (κ1) is 15.8. The van der Waals surface area contributed by atoms with Crippen LogP contribution < -0.4 is 0 Å². The smallest absolute Gasteiger partial charge is 0.172 e. The fourth-order valence-corrected chi connectivity index (χ4v) is 7.32. The van der Waals surface area contributed by atoms with Gasteiger partial charge in [-0.15, -0.1) is 0 Å². The molecule has 5 aliphatic rings. The Morgan fingerprint density at radius 3 is 2.58 bits per heavy atom. The Hall–Kier alpha value is -0.380. The topological polar surface area (TPSA) is 38.7 Å². The van der Waals surface area contributed by atoms with Crippen LogP contribution in [-0.2, 0) is 9.47 Å². The van der Waals surface area contributed by atoms with E-state index >= 15 is 0 Å². The summed E-state index contributed by atoms with van der Waals surface area (Å²) < 4.78 is 12.0. The van der Waals surface area contributed by atoms with Gasteiger partial charge in [-0.05, 0) is 67.1 Å². The zero-order valence-corrected chi connectivity index (χ0v) is 15.2. The van der Waals surface area contributed by atoms with Crippen LogP contribution >= 0.6 is 0 Å². The predicted octanol–water partition coefficient (Wildman–Crippen LogP) is 4.05. The quantitative estimate of drug-likeness (QED) is 0.680. The minimum Gasteiger partial charge on any atom is -0.393 e. The molecule has 1 saturated heterocycles. The molecule has 3 saturated carbocycles. The Morgan fingerprint density at radius 2 is 1.79 bits per heavy atom. The van der Waals surface area contributed by atoms with Crippen LogP contribution in [-0.4, -0.2) is 30.2 Å². The fourth-order valence-electron chi connectivity index (χ4n) is 7.32. The molecule has 1 spiro atoms. The van der Waals surface area contributed by atoms with Gasteiger partial charge in [0.1, 0.15) is 0 Å². The van der Waals surface area contributed by atoms with Crippen molar-refractivity contribution in [3.8, 4) is 0 Å². The molecule has 3 nitrogen and oxygen atoms in total. The second-order valence-corrected chi connectivity index (χ2v) is 9.68. The minimum absolute atomic E-state index is 0.0726. The second kappa shape index (κ2) is 5.08. The molecule has 0 aromatic heterocycles. The van der Waals surface area contributed by atoms with E-state index in [1.807, 2.05) is 0 Å². The van der Waals surface area contributed by atoms with E-state index in [1.165, 1.54) is 32.1 Å². The van der Waals surface area contributed by atoms with E-state index in [2.05, 4.69) is 19.9 Å². The van der Waals surface area contributed by atoms with Crippen molar-refractivity contribution in [2.45, 2.75) is 77.1 Å². The summed E-state index contributed by atoms with van der Waals surface area (Å²) in [5.74, 6) is 1.98. The van der Waals surface area contributed by atoms with E-state index < -0.39 is 0 Å². The molecule has 0 aromatic rings. The molecule has 134 valence electrons. The molecular weight excluding hydrogens is 300 g/mol. The van der Waals surface area contributed by atoms with Crippen molar-refractivity contribution in [2.24, 2.45) is 28.6 Å². The molecule has 0 aromatic carbocycles. The number of rotatable bonds is 0. The van der Waals surface area contributed by atoms with E-state index in [4.69, 9.17) is 9.47 Å². The second-order valence-electron chi connectivity index (χ2n) is 9.68. The van der Waals surface area contributed by atoms with E-state index in [1.54, 1.807) is 5.57 Å². The molecule has 4 aliphatic carbocycles. The first-order chi connectivity index (χ1) is 11.5. The minimum atomic E-state index is -0.301. The van der Waals surface area contributed by atoms with Gasteiger partial charge in [-0.2, -0.15) is 0 Å². The van der Waals surface area contributed by atoms with Crippen molar-refractivity contribution in [3.63, 3.8) is 0 Å². The van der Waals surface area contributed by atoms with Gasteiger partial charge in [0.15, 0.2) is 5.79 Å². The lowest BCUT2D eigenvalue weighted by Gasteiger charge is -2.58. The van der Waals surface area contributed by atoms with Crippen LogP contribution in [0.25, 0.3) is 0 Å². The Kier molecular flexibility index (Phi) is 3.35. The standard InChI is InChI=1S/C21H32O3/c1-19-9-10-21(23-11-12-24-21)13-14(19)3-4-15-16-5-6-18(22)20(16,2)8-7-17(15)19/h3,15-18,22H,4-13H2,1-2H3/t15-,16-,17-,18-,19+,20+/m1/s1. The van der Waals surface area contributed by atoms with E-state index in [9.17, 15) is 5.11 Å². The Balaban J connectivity index is 1.46. The third-order valence-electron chi connectivity index (χ3n) is 8.87. The molecule has 0 amide bonds. The summed E-state index contributed by atoms with van der Waals surface area (Å²) in [6, 6.07) is 0. The van der Waals surface area contributed by atoms with Gasteiger partial charge in [0.25, 0.3) is 0 Å². The van der Waals surface area contributed by atoms with Crippen molar-refractivity contribution >= 4 is 0 Å². The highest BCUT2D eigenvalue weighted by molar-refractivity contribution is 5.26. The van der Waals surface area contributed by atoms with Gasteiger partial charge in [0.05, 0.1) is 19.3 Å². The van der Waals surface area contributed by atoms with Crippen LogP contribution in [0.1, 0.15) is 65.2 Å². The Bertz CT molecular complexity index is 563. The lowest BCUT2D eigenvalue weighted by molar-refractivity contribution is -0.185. The highest BCUT2D eigenvalue weighted by atomic mass is 16.7. The summed E-state index contributed by atoms with van der Waals surface area (Å²) >= 11 is 0. The summed E-state index contributed by atoms with van der Waals surface area (Å²) in [6.07, 6.45) is 11.7. The lowest BCUT2D eigenvalue weighted by Crippen LogP contribution is -2.52. The van der Waals surface area contributed by atoms with Gasteiger partial charge in [-0.25, -0.2) is 0 Å². The van der Waals surface area contributed by atoms with Crippen LogP contribution in [0.2, 0.25) is 0 Å². The van der Waals surface area contributed by atoms with Gasteiger partial charge in [0, 0.05) is 12.8 Å². The highest BCUT2D eigenvalue weighted by Crippen LogP contribution is 2.65. The Morgan fingerprint density at radius 1 is 1.00 bits per heavy atom. The van der Waals surface area contributed by atoms with Gasteiger partial charge in [-0.1, -0.05) is 25.5 Å². The number of fused-ring (bicyclic) bond motifs is 5. The average Bonchev–Trinajstić information content (AvgIpc) is 3.14. The Labute approximate surface area is 145 Å². The van der Waals surface area contributed by atoms with Crippen molar-refractivity contribution < 1.29 is 14.6 Å². The monoisotopic (exact) mass is 332 g/mol. The summed E-state index contributed by atoms with van der Waals surface area (Å²) in [4.78, 5) is 0. The lowest BCUT2D eigenvalue weighted by atomic mass is 9.47. The molecular formula is C21H32O3. The SMILES string of the molecule is C[C@]12CC[C@@H]3[C@H](CC=C4CC5(CC[C@@]43C)OCCO5)[C@H]1CC[C@H]2O. The summed E-state index contributed by atoms with van der Waals surface area (Å²) in [5, 5.41) is 10.6. The number of hydrogen-bond acceptors (Lipinski definition) is 3.